The van der Waals surface area contributed by atoms with E-state index in [0.29, 0.717) is 35.8 Å². The lowest BCUT2D eigenvalue weighted by Gasteiger charge is -2.15. The van der Waals surface area contributed by atoms with E-state index in [1.54, 1.807) is 0 Å². The van der Waals surface area contributed by atoms with E-state index in [1.807, 2.05) is 0 Å². The molecule has 20 heavy (non-hydrogen) atoms. The molecule has 3 N–H and O–H groups in total. The van der Waals surface area contributed by atoms with Crippen molar-refractivity contribution in [1.29, 1.82) is 0 Å². The second kappa shape index (κ2) is 7.92. The Morgan fingerprint density at radius 2 is 1.85 bits per heavy atom. The number of nitrogens with two attached hydrogens (primary N) is 1. The SMILES string of the molecule is CCCOc1nc(CC(C)C)nc(NCC(C)C)c1N. The van der Waals surface area contributed by atoms with Crippen molar-refractivity contribution >= 4 is 11.5 Å². The molecular weight excluding hydrogens is 252 g/mol. The van der Waals surface area contributed by atoms with Crippen LogP contribution in [-0.4, -0.2) is 23.1 Å². The van der Waals surface area contributed by atoms with Gasteiger partial charge in [0.2, 0.25) is 5.88 Å². The van der Waals surface area contributed by atoms with Gasteiger partial charge in [-0.1, -0.05) is 34.6 Å². The largest absolute Gasteiger partial charge is 0.476 e. The van der Waals surface area contributed by atoms with Gasteiger partial charge in [-0.05, 0) is 18.3 Å². The molecule has 0 unspecified atom stereocenters. The molecule has 114 valence electrons. The Bertz CT molecular complexity index is 419. The molecule has 1 aromatic heterocycles. The molecule has 0 amide bonds. The van der Waals surface area contributed by atoms with E-state index in [0.717, 1.165) is 25.2 Å². The molecule has 5 nitrogen and oxygen atoms in total. The predicted molar refractivity (Wildman–Crippen MR) is 84.1 cm³/mol. The summed E-state index contributed by atoms with van der Waals surface area (Å²) >= 11 is 0. The molecule has 0 atom stereocenters. The summed E-state index contributed by atoms with van der Waals surface area (Å²) in [6.07, 6.45) is 1.75. The molecule has 0 saturated carbocycles. The standard InChI is InChI=1S/C15H28N4O/c1-6-7-20-15-13(16)14(17-9-11(4)5)18-12(19-15)8-10(2)3/h10-11H,6-9,16H2,1-5H3,(H,17,18,19). The maximum Gasteiger partial charge on any atom is 0.242 e. The fourth-order valence-electron chi connectivity index (χ4n) is 1.69. The van der Waals surface area contributed by atoms with Gasteiger partial charge in [0, 0.05) is 13.0 Å². The minimum absolute atomic E-state index is 0.496. The maximum absolute atomic E-state index is 6.10. The van der Waals surface area contributed by atoms with Crippen LogP contribution < -0.4 is 15.8 Å². The molecular formula is C15H28N4O. The zero-order valence-corrected chi connectivity index (χ0v) is 13.4. The van der Waals surface area contributed by atoms with Crippen LogP contribution in [0.5, 0.6) is 5.88 Å². The molecule has 1 aromatic rings. The Morgan fingerprint density at radius 3 is 2.40 bits per heavy atom. The molecule has 0 spiro atoms. The van der Waals surface area contributed by atoms with Crippen molar-refractivity contribution in [1.82, 2.24) is 9.97 Å². The summed E-state index contributed by atoms with van der Waals surface area (Å²) in [5.74, 6) is 3.00. The quantitative estimate of drug-likeness (QED) is 0.765. The lowest BCUT2D eigenvalue weighted by Crippen LogP contribution is -2.15. The van der Waals surface area contributed by atoms with Crippen LogP contribution in [0.3, 0.4) is 0 Å². The van der Waals surface area contributed by atoms with Crippen LogP contribution in [0.4, 0.5) is 11.5 Å². The molecule has 0 fully saturated rings. The van der Waals surface area contributed by atoms with Gasteiger partial charge in [-0.15, -0.1) is 0 Å². The van der Waals surface area contributed by atoms with E-state index < -0.39 is 0 Å². The van der Waals surface area contributed by atoms with E-state index in [1.165, 1.54) is 0 Å². The zero-order chi connectivity index (χ0) is 15.1. The van der Waals surface area contributed by atoms with Crippen molar-refractivity contribution in [2.45, 2.75) is 47.5 Å². The monoisotopic (exact) mass is 280 g/mol. The average molecular weight is 280 g/mol. The Labute approximate surface area is 122 Å². The van der Waals surface area contributed by atoms with E-state index >= 15 is 0 Å². The number of aromatic nitrogens is 2. The van der Waals surface area contributed by atoms with Crippen molar-refractivity contribution < 1.29 is 4.74 Å². The minimum Gasteiger partial charge on any atom is -0.476 e. The van der Waals surface area contributed by atoms with Gasteiger partial charge in [-0.25, -0.2) is 4.98 Å². The van der Waals surface area contributed by atoms with Crippen LogP contribution in [0.1, 0.15) is 46.9 Å². The van der Waals surface area contributed by atoms with Crippen molar-refractivity contribution in [3.05, 3.63) is 5.82 Å². The zero-order valence-electron chi connectivity index (χ0n) is 13.4. The van der Waals surface area contributed by atoms with Gasteiger partial charge in [0.25, 0.3) is 0 Å². The van der Waals surface area contributed by atoms with E-state index in [-0.39, 0.29) is 0 Å². The van der Waals surface area contributed by atoms with Gasteiger partial charge in [-0.3, -0.25) is 0 Å². The number of ether oxygens (including phenoxy) is 1. The summed E-state index contributed by atoms with van der Waals surface area (Å²) in [6.45, 7) is 12.1. The molecule has 0 aromatic carbocycles. The van der Waals surface area contributed by atoms with Gasteiger partial charge in [0.1, 0.15) is 11.5 Å². The molecule has 0 saturated heterocycles. The van der Waals surface area contributed by atoms with Gasteiger partial charge < -0.3 is 15.8 Å². The van der Waals surface area contributed by atoms with Crippen molar-refractivity contribution in [2.75, 3.05) is 24.2 Å². The molecule has 5 heteroatoms. The molecule has 0 radical (unpaired) electrons. The predicted octanol–water partition coefficient (Wildman–Crippen LogP) is 3.11. The number of nitrogens with zero attached hydrogens (tertiary/aromatic N) is 2. The molecule has 1 rings (SSSR count). The second-order valence-corrected chi connectivity index (χ2v) is 5.93. The van der Waals surface area contributed by atoms with Gasteiger partial charge in [0.15, 0.2) is 5.82 Å². The molecule has 0 aliphatic rings. The topological polar surface area (TPSA) is 73.1 Å². The summed E-state index contributed by atoms with van der Waals surface area (Å²) in [6, 6.07) is 0. The van der Waals surface area contributed by atoms with Crippen molar-refractivity contribution in [2.24, 2.45) is 11.8 Å². The van der Waals surface area contributed by atoms with Gasteiger partial charge in [-0.2, -0.15) is 4.98 Å². The van der Waals surface area contributed by atoms with Crippen molar-refractivity contribution in [3.63, 3.8) is 0 Å². The number of hydrogen-bond donors (Lipinski definition) is 2. The fraction of sp³-hybridized carbons (Fsp3) is 0.733. The first-order valence-corrected chi connectivity index (χ1v) is 7.47. The third kappa shape index (κ3) is 5.23. The number of rotatable bonds is 8. The Kier molecular flexibility index (Phi) is 6.55. The average Bonchev–Trinajstić information content (AvgIpc) is 2.36. The number of hydrogen-bond acceptors (Lipinski definition) is 5. The van der Waals surface area contributed by atoms with Crippen LogP contribution in [0.2, 0.25) is 0 Å². The van der Waals surface area contributed by atoms with Crippen LogP contribution >= 0.6 is 0 Å². The lowest BCUT2D eigenvalue weighted by atomic mass is 10.1. The first kappa shape index (κ1) is 16.5. The first-order chi connectivity index (χ1) is 9.43. The number of nitrogen functional groups attached to an aromatic ring is 1. The third-order valence-electron chi connectivity index (χ3n) is 2.67. The highest BCUT2D eigenvalue weighted by Gasteiger charge is 2.14. The van der Waals surface area contributed by atoms with E-state index in [2.05, 4.69) is 49.9 Å². The number of anilines is 2. The van der Waals surface area contributed by atoms with Crippen LogP contribution in [0.25, 0.3) is 0 Å². The highest BCUT2D eigenvalue weighted by molar-refractivity contribution is 5.66. The lowest BCUT2D eigenvalue weighted by molar-refractivity contribution is 0.305. The van der Waals surface area contributed by atoms with Crippen LogP contribution in [-0.2, 0) is 6.42 Å². The van der Waals surface area contributed by atoms with Gasteiger partial charge in [0.05, 0.1) is 6.61 Å². The van der Waals surface area contributed by atoms with E-state index in [4.69, 9.17) is 10.5 Å². The van der Waals surface area contributed by atoms with Crippen LogP contribution in [0.15, 0.2) is 0 Å². The summed E-state index contributed by atoms with van der Waals surface area (Å²) < 4.78 is 5.64. The minimum atomic E-state index is 0.496. The Morgan fingerprint density at radius 1 is 1.15 bits per heavy atom. The van der Waals surface area contributed by atoms with Crippen molar-refractivity contribution in [3.8, 4) is 5.88 Å². The number of nitrogens with one attached hydrogen (secondary N) is 1. The Balaban J connectivity index is 2.99. The van der Waals surface area contributed by atoms with Gasteiger partial charge >= 0.3 is 0 Å². The second-order valence-electron chi connectivity index (χ2n) is 5.93. The summed E-state index contributed by atoms with van der Waals surface area (Å²) in [5, 5.41) is 3.29. The fourth-order valence-corrected chi connectivity index (χ4v) is 1.69. The smallest absolute Gasteiger partial charge is 0.242 e. The third-order valence-corrected chi connectivity index (χ3v) is 2.67. The molecule has 0 aliphatic carbocycles. The highest BCUT2D eigenvalue weighted by atomic mass is 16.5. The molecule has 0 bridgehead atoms. The Hall–Kier alpha value is -1.52. The normalized spacial score (nSPS) is 11.2. The van der Waals surface area contributed by atoms with E-state index in [9.17, 15) is 0 Å². The maximum atomic E-state index is 6.10. The highest BCUT2D eigenvalue weighted by Crippen LogP contribution is 2.27. The van der Waals surface area contributed by atoms with Crippen LogP contribution in [0, 0.1) is 11.8 Å². The molecule has 1 heterocycles. The summed E-state index contributed by atoms with van der Waals surface area (Å²) in [7, 11) is 0. The summed E-state index contributed by atoms with van der Waals surface area (Å²) in [5.41, 5.74) is 6.60. The summed E-state index contributed by atoms with van der Waals surface area (Å²) in [4.78, 5) is 8.97. The first-order valence-electron chi connectivity index (χ1n) is 7.47. The molecule has 0 aliphatic heterocycles.